The largest absolute Gasteiger partial charge is 0.369 e. The van der Waals surface area contributed by atoms with Crippen molar-refractivity contribution in [1.29, 1.82) is 0 Å². The van der Waals surface area contributed by atoms with E-state index in [2.05, 4.69) is 41.0 Å². The summed E-state index contributed by atoms with van der Waals surface area (Å²) in [5.74, 6) is 1.28. The van der Waals surface area contributed by atoms with Gasteiger partial charge in [0.1, 0.15) is 5.82 Å². The number of nitrogens with zero attached hydrogens (tertiary/aromatic N) is 2. The van der Waals surface area contributed by atoms with Crippen molar-refractivity contribution in [3.05, 3.63) is 24.5 Å². The summed E-state index contributed by atoms with van der Waals surface area (Å²) in [4.78, 5) is 11.3. The fourth-order valence-corrected chi connectivity index (χ4v) is 1.58. The van der Waals surface area contributed by atoms with Crippen LogP contribution in [0.4, 0.5) is 11.8 Å². The highest BCUT2D eigenvalue weighted by atomic mass is 15.0. The van der Waals surface area contributed by atoms with Gasteiger partial charge in [0.15, 0.2) is 5.95 Å². The minimum absolute atomic E-state index is 0.0264. The average Bonchev–Trinajstić information content (AvgIpc) is 2.76. The Hall–Kier alpha value is -2.04. The van der Waals surface area contributed by atoms with Gasteiger partial charge in [-0.15, -0.1) is 0 Å². The molecule has 2 aromatic rings. The number of nitrogens with two attached hydrogens (primary N) is 1. The number of hydrogen-bond acceptors (Lipinski definition) is 4. The Morgan fingerprint density at radius 3 is 2.78 bits per heavy atom. The maximum atomic E-state index is 5.58. The molecule has 0 bridgehead atoms. The summed E-state index contributed by atoms with van der Waals surface area (Å²) in [5, 5.41) is 3.41. The Morgan fingerprint density at radius 1 is 1.39 bits per heavy atom. The molecule has 0 saturated heterocycles. The molecule has 5 heteroatoms. The lowest BCUT2D eigenvalue weighted by Crippen LogP contribution is -2.30. The molecule has 0 radical (unpaired) electrons. The molecular formula is C13H19N5. The Balaban J connectivity index is 2.25. The second-order valence-electron chi connectivity index (χ2n) is 4.97. The molecule has 2 rings (SSSR count). The molecule has 96 valence electrons. The zero-order valence-corrected chi connectivity index (χ0v) is 11.0. The zero-order chi connectivity index (χ0) is 13.2. The van der Waals surface area contributed by atoms with Crippen LogP contribution < -0.4 is 11.1 Å². The number of nitrogens with one attached hydrogen (secondary N) is 2. The Labute approximate surface area is 107 Å². The predicted octanol–water partition coefficient (Wildman–Crippen LogP) is 2.65. The lowest BCUT2D eigenvalue weighted by Gasteiger charge is -2.25. The van der Waals surface area contributed by atoms with Crippen molar-refractivity contribution in [3.63, 3.8) is 0 Å². The molecule has 0 amide bonds. The summed E-state index contributed by atoms with van der Waals surface area (Å²) in [5.41, 5.74) is 7.52. The Bertz CT molecular complexity index is 530. The molecule has 18 heavy (non-hydrogen) atoms. The average molecular weight is 245 g/mol. The Morgan fingerprint density at radius 2 is 2.17 bits per heavy atom. The lowest BCUT2D eigenvalue weighted by atomic mass is 10.0. The van der Waals surface area contributed by atoms with Crippen molar-refractivity contribution in [2.24, 2.45) is 0 Å². The van der Waals surface area contributed by atoms with Gasteiger partial charge in [-0.2, -0.15) is 0 Å². The monoisotopic (exact) mass is 245 g/mol. The fourth-order valence-electron chi connectivity index (χ4n) is 1.58. The van der Waals surface area contributed by atoms with Gasteiger partial charge < -0.3 is 16.0 Å². The van der Waals surface area contributed by atoms with E-state index in [9.17, 15) is 0 Å². The summed E-state index contributed by atoms with van der Waals surface area (Å²) in [7, 11) is 0. The van der Waals surface area contributed by atoms with Crippen LogP contribution in [0.1, 0.15) is 27.2 Å². The Kier molecular flexibility index (Phi) is 3.23. The smallest absolute Gasteiger partial charge is 0.197 e. The first kappa shape index (κ1) is 12.4. The molecule has 0 saturated carbocycles. The van der Waals surface area contributed by atoms with E-state index >= 15 is 0 Å². The second kappa shape index (κ2) is 4.68. The molecule has 0 fully saturated rings. The highest BCUT2D eigenvalue weighted by Gasteiger charge is 2.15. The molecule has 0 atom stereocenters. The number of imidazole rings is 1. The minimum atomic E-state index is 0.0264. The maximum absolute atomic E-state index is 5.58. The molecule has 2 aromatic heterocycles. The molecule has 0 spiro atoms. The van der Waals surface area contributed by atoms with Gasteiger partial charge in [0.05, 0.1) is 11.9 Å². The number of anilines is 2. The molecular weight excluding hydrogens is 226 g/mol. The van der Waals surface area contributed by atoms with Crippen molar-refractivity contribution < 1.29 is 0 Å². The van der Waals surface area contributed by atoms with Gasteiger partial charge in [0.2, 0.25) is 0 Å². The number of rotatable bonds is 4. The molecule has 0 aromatic carbocycles. The summed E-state index contributed by atoms with van der Waals surface area (Å²) < 4.78 is 0. The van der Waals surface area contributed by atoms with E-state index in [1.165, 1.54) is 0 Å². The van der Waals surface area contributed by atoms with Crippen molar-refractivity contribution in [3.8, 4) is 11.3 Å². The van der Waals surface area contributed by atoms with Crippen LogP contribution in [0.3, 0.4) is 0 Å². The summed E-state index contributed by atoms with van der Waals surface area (Å²) in [6, 6.07) is 3.92. The molecule has 0 aliphatic heterocycles. The highest BCUT2D eigenvalue weighted by Crippen LogP contribution is 2.22. The fraction of sp³-hybridized carbons (Fsp3) is 0.385. The van der Waals surface area contributed by atoms with Crippen LogP contribution in [-0.4, -0.2) is 20.5 Å². The number of nitrogen functional groups attached to an aromatic ring is 1. The maximum Gasteiger partial charge on any atom is 0.197 e. The number of aromatic amines is 1. The quantitative estimate of drug-likeness (QED) is 0.773. The number of aromatic nitrogens is 3. The van der Waals surface area contributed by atoms with E-state index in [4.69, 9.17) is 5.73 Å². The van der Waals surface area contributed by atoms with Gasteiger partial charge in [-0.05, 0) is 32.4 Å². The third-order valence-corrected chi connectivity index (χ3v) is 3.02. The van der Waals surface area contributed by atoms with Crippen molar-refractivity contribution in [2.75, 3.05) is 11.1 Å². The number of H-pyrrole nitrogens is 1. The van der Waals surface area contributed by atoms with E-state index < -0.39 is 0 Å². The molecule has 0 aliphatic rings. The first-order chi connectivity index (χ1) is 8.50. The van der Waals surface area contributed by atoms with E-state index in [-0.39, 0.29) is 5.54 Å². The standard InChI is InChI=1S/C13H19N5/c1-4-13(2,3)18-11-7-9(5-6-15-11)10-8-16-12(14)17-10/h5-8H,4H2,1-3H3,(H,15,18)(H3,14,16,17). The van der Waals surface area contributed by atoms with Gasteiger partial charge in [0, 0.05) is 17.3 Å². The van der Waals surface area contributed by atoms with Crippen molar-refractivity contribution in [1.82, 2.24) is 15.0 Å². The van der Waals surface area contributed by atoms with E-state index in [1.54, 1.807) is 12.4 Å². The third-order valence-electron chi connectivity index (χ3n) is 3.02. The van der Waals surface area contributed by atoms with Crippen LogP contribution in [0, 0.1) is 0 Å². The van der Waals surface area contributed by atoms with Crippen LogP contribution >= 0.6 is 0 Å². The van der Waals surface area contributed by atoms with Crippen molar-refractivity contribution >= 4 is 11.8 Å². The lowest BCUT2D eigenvalue weighted by molar-refractivity contribution is 0.545. The zero-order valence-electron chi connectivity index (χ0n) is 11.0. The van der Waals surface area contributed by atoms with Gasteiger partial charge in [-0.1, -0.05) is 6.92 Å². The summed E-state index contributed by atoms with van der Waals surface area (Å²) >= 11 is 0. The number of pyridine rings is 1. The summed E-state index contributed by atoms with van der Waals surface area (Å²) in [6.07, 6.45) is 4.52. The van der Waals surface area contributed by atoms with Crippen LogP contribution in [0.2, 0.25) is 0 Å². The minimum Gasteiger partial charge on any atom is -0.369 e. The molecule has 0 aliphatic carbocycles. The topological polar surface area (TPSA) is 79.6 Å². The third kappa shape index (κ3) is 2.80. The van der Waals surface area contributed by atoms with Crippen LogP contribution in [0.5, 0.6) is 0 Å². The number of hydrogen-bond donors (Lipinski definition) is 3. The van der Waals surface area contributed by atoms with Crippen LogP contribution in [0.25, 0.3) is 11.3 Å². The highest BCUT2D eigenvalue weighted by molar-refractivity contribution is 5.63. The summed E-state index contributed by atoms with van der Waals surface area (Å²) in [6.45, 7) is 6.44. The van der Waals surface area contributed by atoms with Gasteiger partial charge in [-0.3, -0.25) is 0 Å². The molecule has 2 heterocycles. The van der Waals surface area contributed by atoms with Gasteiger partial charge in [0.25, 0.3) is 0 Å². The van der Waals surface area contributed by atoms with Crippen molar-refractivity contribution in [2.45, 2.75) is 32.7 Å². The normalized spacial score (nSPS) is 11.5. The first-order valence-corrected chi connectivity index (χ1v) is 6.05. The van der Waals surface area contributed by atoms with Crippen LogP contribution in [0.15, 0.2) is 24.5 Å². The first-order valence-electron chi connectivity index (χ1n) is 6.05. The van der Waals surface area contributed by atoms with E-state index in [0.29, 0.717) is 5.95 Å². The molecule has 0 unspecified atom stereocenters. The van der Waals surface area contributed by atoms with Gasteiger partial charge in [-0.25, -0.2) is 9.97 Å². The van der Waals surface area contributed by atoms with Gasteiger partial charge >= 0.3 is 0 Å². The van der Waals surface area contributed by atoms with Crippen LogP contribution in [-0.2, 0) is 0 Å². The molecule has 5 nitrogen and oxygen atoms in total. The molecule has 4 N–H and O–H groups in total. The van der Waals surface area contributed by atoms with E-state index in [1.807, 2.05) is 12.1 Å². The van der Waals surface area contributed by atoms with E-state index in [0.717, 1.165) is 23.5 Å². The SMILES string of the molecule is CCC(C)(C)Nc1cc(-c2cnc(N)[nH]2)ccn1. The predicted molar refractivity (Wildman–Crippen MR) is 74.2 cm³/mol. The second-order valence-corrected chi connectivity index (χ2v) is 4.97.